The summed E-state index contributed by atoms with van der Waals surface area (Å²) in [5.74, 6) is 0.180. The van der Waals surface area contributed by atoms with E-state index in [0.717, 1.165) is 62.3 Å². The van der Waals surface area contributed by atoms with E-state index in [1.165, 1.54) is 0 Å². The topological polar surface area (TPSA) is 54.4 Å². The Kier molecular flexibility index (Phi) is 7.45. The highest BCUT2D eigenvalue weighted by atomic mass is 32.2. The molecule has 2 aromatic carbocycles. The Bertz CT molecular complexity index is 771. The second-order valence-electron chi connectivity index (χ2n) is 6.87. The van der Waals surface area contributed by atoms with Crippen molar-refractivity contribution in [3.05, 3.63) is 42.0 Å². The van der Waals surface area contributed by atoms with Crippen molar-refractivity contribution in [2.45, 2.75) is 76.0 Å². The first-order valence-electron chi connectivity index (χ1n) is 9.48. The standard InChI is InChI=1S/C21H30O3S/c1-3-5-7-11-17(12-8-6-4-2)20-16-15-18-13-9-10-14-19(18)21(20)25(22,23)24/h9-10,13-17H,3-8,11-12H2,1-2H3,(H,22,23,24). The molecule has 0 heterocycles. The molecular formula is C21H30O3S. The average Bonchev–Trinajstić information content (AvgIpc) is 2.59. The van der Waals surface area contributed by atoms with Gasteiger partial charge in [0.2, 0.25) is 0 Å². The van der Waals surface area contributed by atoms with Crippen LogP contribution in [0.4, 0.5) is 0 Å². The molecule has 0 saturated carbocycles. The summed E-state index contributed by atoms with van der Waals surface area (Å²) in [4.78, 5) is 0.114. The van der Waals surface area contributed by atoms with Crippen LogP contribution in [-0.4, -0.2) is 13.0 Å². The first kappa shape index (κ1) is 19.9. The van der Waals surface area contributed by atoms with Crippen molar-refractivity contribution < 1.29 is 13.0 Å². The largest absolute Gasteiger partial charge is 0.295 e. The van der Waals surface area contributed by atoms with Crippen LogP contribution in [0.1, 0.15) is 76.7 Å². The molecule has 2 rings (SSSR count). The van der Waals surface area contributed by atoms with Crippen molar-refractivity contribution >= 4 is 20.9 Å². The SMILES string of the molecule is CCCCCC(CCCCC)c1ccc2ccccc2c1S(=O)(=O)O. The van der Waals surface area contributed by atoms with Crippen molar-refractivity contribution in [3.8, 4) is 0 Å². The van der Waals surface area contributed by atoms with E-state index >= 15 is 0 Å². The third-order valence-electron chi connectivity index (χ3n) is 4.92. The number of benzene rings is 2. The van der Waals surface area contributed by atoms with Crippen LogP contribution in [0.15, 0.2) is 41.3 Å². The van der Waals surface area contributed by atoms with Gasteiger partial charge in [-0.05, 0) is 29.7 Å². The third kappa shape index (κ3) is 5.29. The molecule has 3 nitrogen and oxygen atoms in total. The van der Waals surface area contributed by atoms with E-state index < -0.39 is 10.1 Å². The molecule has 0 radical (unpaired) electrons. The van der Waals surface area contributed by atoms with E-state index in [-0.39, 0.29) is 10.8 Å². The maximum atomic E-state index is 12.2. The van der Waals surface area contributed by atoms with E-state index in [2.05, 4.69) is 13.8 Å². The van der Waals surface area contributed by atoms with Crippen LogP contribution in [0.25, 0.3) is 10.8 Å². The zero-order valence-corrected chi connectivity index (χ0v) is 16.2. The van der Waals surface area contributed by atoms with Crippen LogP contribution in [0.3, 0.4) is 0 Å². The molecule has 0 amide bonds. The molecule has 1 N–H and O–H groups in total. The van der Waals surface area contributed by atoms with Gasteiger partial charge in [-0.15, -0.1) is 0 Å². The highest BCUT2D eigenvalue weighted by Gasteiger charge is 2.24. The molecule has 0 aliphatic heterocycles. The zero-order valence-electron chi connectivity index (χ0n) is 15.4. The van der Waals surface area contributed by atoms with Gasteiger partial charge in [-0.3, -0.25) is 4.55 Å². The van der Waals surface area contributed by atoms with Crippen molar-refractivity contribution in [2.75, 3.05) is 0 Å². The quantitative estimate of drug-likeness (QED) is 0.397. The minimum atomic E-state index is -4.27. The van der Waals surface area contributed by atoms with Crippen molar-refractivity contribution in [1.29, 1.82) is 0 Å². The Morgan fingerprint density at radius 1 is 0.880 bits per heavy atom. The van der Waals surface area contributed by atoms with Gasteiger partial charge in [0, 0.05) is 5.39 Å². The van der Waals surface area contributed by atoms with Gasteiger partial charge in [0.15, 0.2) is 0 Å². The fourth-order valence-electron chi connectivity index (χ4n) is 3.61. The highest BCUT2D eigenvalue weighted by molar-refractivity contribution is 7.86. The summed E-state index contributed by atoms with van der Waals surface area (Å²) in [5, 5.41) is 1.47. The number of hydrogen-bond donors (Lipinski definition) is 1. The minimum Gasteiger partial charge on any atom is -0.282 e. The molecule has 2 aromatic rings. The lowest BCUT2D eigenvalue weighted by Gasteiger charge is -2.21. The van der Waals surface area contributed by atoms with Crippen LogP contribution in [0, 0.1) is 0 Å². The molecule has 25 heavy (non-hydrogen) atoms. The lowest BCUT2D eigenvalue weighted by molar-refractivity contribution is 0.473. The van der Waals surface area contributed by atoms with Gasteiger partial charge in [0.05, 0.1) is 0 Å². The third-order valence-corrected chi connectivity index (χ3v) is 5.89. The molecule has 0 aromatic heterocycles. The molecule has 0 saturated heterocycles. The van der Waals surface area contributed by atoms with Gasteiger partial charge < -0.3 is 0 Å². The van der Waals surface area contributed by atoms with E-state index in [4.69, 9.17) is 0 Å². The molecule has 0 aliphatic carbocycles. The van der Waals surface area contributed by atoms with Crippen LogP contribution in [-0.2, 0) is 10.1 Å². The summed E-state index contributed by atoms with van der Waals surface area (Å²) >= 11 is 0. The monoisotopic (exact) mass is 362 g/mol. The summed E-state index contributed by atoms with van der Waals surface area (Å²) < 4.78 is 34.3. The Hall–Kier alpha value is -1.39. The predicted octanol–water partition coefficient (Wildman–Crippen LogP) is 6.33. The van der Waals surface area contributed by atoms with E-state index in [1.807, 2.05) is 30.3 Å². The maximum Gasteiger partial charge on any atom is 0.295 e. The second kappa shape index (κ2) is 9.35. The fraction of sp³-hybridized carbons (Fsp3) is 0.524. The van der Waals surface area contributed by atoms with Crippen LogP contribution in [0.5, 0.6) is 0 Å². The van der Waals surface area contributed by atoms with Gasteiger partial charge in [0.25, 0.3) is 10.1 Å². The minimum absolute atomic E-state index is 0.114. The summed E-state index contributed by atoms with van der Waals surface area (Å²) in [6, 6.07) is 11.3. The molecule has 0 atom stereocenters. The number of rotatable bonds is 10. The predicted molar refractivity (Wildman–Crippen MR) is 105 cm³/mol. The second-order valence-corrected chi connectivity index (χ2v) is 8.23. The average molecular weight is 363 g/mol. The molecule has 0 bridgehead atoms. The Labute approximate surface area is 152 Å². The summed E-state index contributed by atoms with van der Waals surface area (Å²) in [6.45, 7) is 4.34. The smallest absolute Gasteiger partial charge is 0.282 e. The number of unbranched alkanes of at least 4 members (excludes halogenated alkanes) is 4. The van der Waals surface area contributed by atoms with E-state index in [1.54, 1.807) is 6.07 Å². The van der Waals surface area contributed by atoms with Crippen molar-refractivity contribution in [3.63, 3.8) is 0 Å². The molecular weight excluding hydrogens is 332 g/mol. The van der Waals surface area contributed by atoms with Crippen molar-refractivity contribution in [2.24, 2.45) is 0 Å². The summed E-state index contributed by atoms with van der Waals surface area (Å²) in [7, 11) is -4.27. The van der Waals surface area contributed by atoms with E-state index in [0.29, 0.717) is 5.39 Å². The van der Waals surface area contributed by atoms with E-state index in [9.17, 15) is 13.0 Å². The Morgan fingerprint density at radius 2 is 1.48 bits per heavy atom. The van der Waals surface area contributed by atoms with Gasteiger partial charge in [-0.1, -0.05) is 88.8 Å². The highest BCUT2D eigenvalue weighted by Crippen LogP contribution is 2.36. The molecule has 0 fully saturated rings. The first-order valence-corrected chi connectivity index (χ1v) is 10.9. The Morgan fingerprint density at radius 3 is 2.04 bits per heavy atom. The van der Waals surface area contributed by atoms with Gasteiger partial charge in [-0.25, -0.2) is 0 Å². The summed E-state index contributed by atoms with van der Waals surface area (Å²) in [6.07, 6.45) is 8.71. The molecule has 4 heteroatoms. The maximum absolute atomic E-state index is 12.2. The van der Waals surface area contributed by atoms with Gasteiger partial charge in [-0.2, -0.15) is 8.42 Å². The number of fused-ring (bicyclic) bond motifs is 1. The molecule has 0 unspecified atom stereocenters. The number of hydrogen-bond acceptors (Lipinski definition) is 2. The lowest BCUT2D eigenvalue weighted by atomic mass is 9.87. The Balaban J connectivity index is 2.49. The van der Waals surface area contributed by atoms with Crippen LogP contribution in [0.2, 0.25) is 0 Å². The molecule has 0 aliphatic rings. The van der Waals surface area contributed by atoms with Gasteiger partial charge >= 0.3 is 0 Å². The van der Waals surface area contributed by atoms with Gasteiger partial charge in [0.1, 0.15) is 4.90 Å². The zero-order chi connectivity index (χ0) is 18.3. The molecule has 138 valence electrons. The fourth-order valence-corrected chi connectivity index (χ4v) is 4.60. The normalized spacial score (nSPS) is 12.2. The van der Waals surface area contributed by atoms with Crippen LogP contribution >= 0.6 is 0 Å². The first-order chi connectivity index (χ1) is 12.0. The summed E-state index contributed by atoms with van der Waals surface area (Å²) in [5.41, 5.74) is 0.786. The van der Waals surface area contributed by atoms with Crippen LogP contribution < -0.4 is 0 Å². The lowest BCUT2D eigenvalue weighted by Crippen LogP contribution is -2.09. The molecule has 0 spiro atoms. The van der Waals surface area contributed by atoms with Crippen molar-refractivity contribution in [1.82, 2.24) is 0 Å².